The normalized spacial score (nSPS) is 12.5. The molecule has 2 aromatic carbocycles. The molecule has 1 atom stereocenters. The van der Waals surface area contributed by atoms with E-state index in [0.717, 1.165) is 17.4 Å². The van der Waals surface area contributed by atoms with Crippen LogP contribution in [0.4, 0.5) is 5.69 Å². The number of anilines is 1. The Hall–Kier alpha value is -1.76. The molecular weight excluding hydrogens is 397 g/mol. The molecule has 8 heteroatoms. The molecule has 1 unspecified atom stereocenters. The number of nitrogens with one attached hydrogen (secondary N) is 1. The van der Waals surface area contributed by atoms with E-state index < -0.39 is 21.0 Å². The zero-order valence-electron chi connectivity index (χ0n) is 14.8. The summed E-state index contributed by atoms with van der Waals surface area (Å²) in [5.41, 5.74) is 1.94. The number of hydrogen-bond donors (Lipinski definition) is 1. The highest BCUT2D eigenvalue weighted by Crippen LogP contribution is 2.36. The lowest BCUT2D eigenvalue weighted by molar-refractivity contribution is -0.115. The maximum absolute atomic E-state index is 12.2. The number of amides is 1. The first kappa shape index (κ1) is 20.6. The number of halogens is 2. The first-order chi connectivity index (χ1) is 12.0. The van der Waals surface area contributed by atoms with E-state index in [1.807, 2.05) is 13.8 Å². The Labute approximate surface area is 163 Å². The van der Waals surface area contributed by atoms with E-state index in [-0.39, 0.29) is 5.69 Å². The fourth-order valence-electron chi connectivity index (χ4n) is 2.29. The van der Waals surface area contributed by atoms with Crippen molar-refractivity contribution in [3.63, 3.8) is 0 Å². The van der Waals surface area contributed by atoms with Crippen molar-refractivity contribution in [2.24, 2.45) is 0 Å². The Morgan fingerprint density at radius 2 is 1.65 bits per heavy atom. The van der Waals surface area contributed by atoms with Crippen LogP contribution in [0.15, 0.2) is 30.3 Å². The number of sulfone groups is 1. The van der Waals surface area contributed by atoms with Gasteiger partial charge in [0.15, 0.2) is 15.6 Å². The van der Waals surface area contributed by atoms with E-state index in [9.17, 15) is 13.2 Å². The molecule has 1 N–H and O–H groups in total. The molecule has 0 heterocycles. The fraction of sp³-hybridized carbons (Fsp3) is 0.278. The predicted octanol–water partition coefficient (Wildman–Crippen LogP) is 4.77. The SMILES string of the molecule is Cc1cc(Cl)cc(C)c1Oc1ccc(Cl)cc1NC(=O)C(C)S(C)(=O)=O. The summed E-state index contributed by atoms with van der Waals surface area (Å²) in [5.74, 6) is 0.282. The molecule has 26 heavy (non-hydrogen) atoms. The summed E-state index contributed by atoms with van der Waals surface area (Å²) in [6.45, 7) is 5.03. The van der Waals surface area contributed by atoms with Crippen LogP contribution in [-0.2, 0) is 14.6 Å². The second kappa shape index (κ2) is 7.86. The summed E-state index contributed by atoms with van der Waals surface area (Å²) >= 11 is 12.1. The zero-order valence-corrected chi connectivity index (χ0v) is 17.1. The molecule has 0 aliphatic heterocycles. The van der Waals surface area contributed by atoms with Gasteiger partial charge in [-0.25, -0.2) is 8.42 Å². The average Bonchev–Trinajstić information content (AvgIpc) is 2.50. The second-order valence-corrected chi connectivity index (χ2v) is 9.31. The molecule has 0 bridgehead atoms. The molecular formula is C18H19Cl2NO4S. The molecule has 1 amide bonds. The highest BCUT2D eigenvalue weighted by Gasteiger charge is 2.24. The first-order valence-corrected chi connectivity index (χ1v) is 10.4. The van der Waals surface area contributed by atoms with Crippen LogP contribution in [0.2, 0.25) is 10.0 Å². The van der Waals surface area contributed by atoms with Crippen LogP contribution in [0.3, 0.4) is 0 Å². The van der Waals surface area contributed by atoms with Crippen LogP contribution >= 0.6 is 23.2 Å². The largest absolute Gasteiger partial charge is 0.455 e. The quantitative estimate of drug-likeness (QED) is 0.762. The molecule has 2 rings (SSSR count). The topological polar surface area (TPSA) is 72.5 Å². The minimum atomic E-state index is -3.52. The summed E-state index contributed by atoms with van der Waals surface area (Å²) in [6, 6.07) is 8.27. The Bertz CT molecular complexity index is 935. The lowest BCUT2D eigenvalue weighted by Crippen LogP contribution is -2.31. The fourth-order valence-corrected chi connectivity index (χ4v) is 3.23. The molecule has 0 radical (unpaired) electrons. The second-order valence-electron chi connectivity index (χ2n) is 6.07. The van der Waals surface area contributed by atoms with Crippen molar-refractivity contribution in [2.45, 2.75) is 26.0 Å². The molecule has 0 fully saturated rings. The number of benzene rings is 2. The van der Waals surface area contributed by atoms with Gasteiger partial charge in [0.2, 0.25) is 5.91 Å². The zero-order chi connectivity index (χ0) is 19.6. The smallest absolute Gasteiger partial charge is 0.242 e. The number of aryl methyl sites for hydroxylation is 2. The molecule has 0 spiro atoms. The van der Waals surface area contributed by atoms with Gasteiger partial charge in [-0.3, -0.25) is 4.79 Å². The lowest BCUT2D eigenvalue weighted by atomic mass is 10.1. The third-order valence-electron chi connectivity index (χ3n) is 3.85. The summed E-state index contributed by atoms with van der Waals surface area (Å²) in [5, 5.41) is 2.35. The number of rotatable bonds is 5. The third kappa shape index (κ3) is 4.90. The van der Waals surface area contributed by atoms with Gasteiger partial charge in [0.05, 0.1) is 5.69 Å². The Morgan fingerprint density at radius 3 is 2.19 bits per heavy atom. The maximum Gasteiger partial charge on any atom is 0.242 e. The van der Waals surface area contributed by atoms with Crippen LogP contribution in [-0.4, -0.2) is 25.8 Å². The van der Waals surface area contributed by atoms with E-state index >= 15 is 0 Å². The third-order valence-corrected chi connectivity index (χ3v) is 5.80. The molecule has 0 aliphatic carbocycles. The maximum atomic E-state index is 12.2. The van der Waals surface area contributed by atoms with Crippen molar-refractivity contribution < 1.29 is 17.9 Å². The van der Waals surface area contributed by atoms with E-state index in [1.54, 1.807) is 24.3 Å². The van der Waals surface area contributed by atoms with Gasteiger partial charge in [-0.15, -0.1) is 0 Å². The van der Waals surface area contributed by atoms with Crippen molar-refractivity contribution in [1.29, 1.82) is 0 Å². The van der Waals surface area contributed by atoms with Gasteiger partial charge >= 0.3 is 0 Å². The Morgan fingerprint density at radius 1 is 1.08 bits per heavy atom. The van der Waals surface area contributed by atoms with Crippen LogP contribution in [0.1, 0.15) is 18.1 Å². The minimum absolute atomic E-state index is 0.284. The highest BCUT2D eigenvalue weighted by atomic mass is 35.5. The van der Waals surface area contributed by atoms with Gasteiger partial charge in [0.25, 0.3) is 0 Å². The van der Waals surface area contributed by atoms with Gasteiger partial charge < -0.3 is 10.1 Å². The van der Waals surface area contributed by atoms with E-state index in [4.69, 9.17) is 27.9 Å². The van der Waals surface area contributed by atoms with Crippen LogP contribution < -0.4 is 10.1 Å². The van der Waals surface area contributed by atoms with Crippen molar-refractivity contribution >= 4 is 44.6 Å². The summed E-state index contributed by atoms with van der Waals surface area (Å²) < 4.78 is 29.2. The number of hydrogen-bond acceptors (Lipinski definition) is 4. The molecule has 140 valence electrons. The van der Waals surface area contributed by atoms with Crippen molar-refractivity contribution in [1.82, 2.24) is 0 Å². The van der Waals surface area contributed by atoms with Gasteiger partial charge in [-0.1, -0.05) is 23.2 Å². The molecule has 2 aromatic rings. The molecule has 0 saturated carbocycles. The molecule has 0 saturated heterocycles. The van der Waals surface area contributed by atoms with Gasteiger partial charge in [-0.2, -0.15) is 0 Å². The molecule has 5 nitrogen and oxygen atoms in total. The molecule has 0 aliphatic rings. The van der Waals surface area contributed by atoms with Crippen molar-refractivity contribution in [2.75, 3.05) is 11.6 Å². The minimum Gasteiger partial charge on any atom is -0.455 e. The molecule has 0 aromatic heterocycles. The van der Waals surface area contributed by atoms with Crippen molar-refractivity contribution in [3.05, 3.63) is 51.5 Å². The number of carbonyl (C=O) groups excluding carboxylic acids is 1. The highest BCUT2D eigenvalue weighted by molar-refractivity contribution is 7.92. The van der Waals surface area contributed by atoms with Gasteiger partial charge in [0, 0.05) is 16.3 Å². The average molecular weight is 416 g/mol. The van der Waals surface area contributed by atoms with Crippen LogP contribution in [0, 0.1) is 13.8 Å². The van der Waals surface area contributed by atoms with E-state index in [0.29, 0.717) is 21.5 Å². The van der Waals surface area contributed by atoms with Crippen molar-refractivity contribution in [3.8, 4) is 11.5 Å². The Kier molecular flexibility index (Phi) is 6.21. The summed E-state index contributed by atoms with van der Waals surface area (Å²) in [7, 11) is -3.52. The van der Waals surface area contributed by atoms with Crippen LogP contribution in [0.5, 0.6) is 11.5 Å². The summed E-state index contributed by atoms with van der Waals surface area (Å²) in [6.07, 6.45) is 1.01. The standard InChI is InChI=1S/C18H19Cl2NO4S/c1-10-7-14(20)8-11(2)17(10)25-16-6-5-13(19)9-15(16)21-18(22)12(3)26(4,23)24/h5-9,12H,1-4H3,(H,21,22). The first-order valence-electron chi connectivity index (χ1n) is 7.73. The van der Waals surface area contributed by atoms with E-state index in [2.05, 4.69) is 5.32 Å². The summed E-state index contributed by atoms with van der Waals surface area (Å²) in [4.78, 5) is 12.2. The van der Waals surface area contributed by atoms with Gasteiger partial charge in [-0.05, 0) is 62.2 Å². The Balaban J connectivity index is 2.39. The van der Waals surface area contributed by atoms with E-state index in [1.165, 1.54) is 13.0 Å². The number of carbonyl (C=O) groups is 1. The van der Waals surface area contributed by atoms with Crippen LogP contribution in [0.25, 0.3) is 0 Å². The lowest BCUT2D eigenvalue weighted by Gasteiger charge is -2.17. The number of ether oxygens (including phenoxy) is 1. The van der Waals surface area contributed by atoms with Gasteiger partial charge in [0.1, 0.15) is 11.0 Å². The monoisotopic (exact) mass is 415 g/mol. The predicted molar refractivity (Wildman–Crippen MR) is 105 cm³/mol.